The highest BCUT2D eigenvalue weighted by molar-refractivity contribution is 7.10. The predicted octanol–water partition coefficient (Wildman–Crippen LogP) is 6.42. The molecule has 108 valence electrons. The van der Waals surface area contributed by atoms with Crippen LogP contribution in [0, 0.1) is 0 Å². The van der Waals surface area contributed by atoms with Crippen LogP contribution in [-0.4, -0.2) is 0 Å². The Bertz CT molecular complexity index is 677. The summed E-state index contributed by atoms with van der Waals surface area (Å²) in [7, 11) is 0. The maximum Gasteiger partial charge on any atom is 0.00794 e. The molecule has 1 aromatic heterocycles. The van der Waals surface area contributed by atoms with Crippen LogP contribution in [-0.2, 0) is 6.42 Å². The summed E-state index contributed by atoms with van der Waals surface area (Å²) in [5.74, 6) is 0.663. The Balaban J connectivity index is 1.90. The van der Waals surface area contributed by atoms with Gasteiger partial charge in [-0.05, 0) is 46.5 Å². The monoisotopic (exact) mass is 294 g/mol. The third kappa shape index (κ3) is 3.36. The second-order valence-corrected chi connectivity index (χ2v) is 6.68. The molecule has 3 rings (SSSR count). The fourth-order valence-electron chi connectivity index (χ4n) is 3.05. The van der Waals surface area contributed by atoms with Crippen LogP contribution in [0.4, 0.5) is 0 Å². The Hall–Kier alpha value is -1.60. The molecule has 0 nitrogen and oxygen atoms in total. The molecule has 21 heavy (non-hydrogen) atoms. The average Bonchev–Trinajstić information content (AvgIpc) is 3.06. The van der Waals surface area contributed by atoms with Crippen molar-refractivity contribution in [3.63, 3.8) is 0 Å². The van der Waals surface area contributed by atoms with Gasteiger partial charge in [-0.25, -0.2) is 0 Å². The van der Waals surface area contributed by atoms with E-state index in [0.29, 0.717) is 5.92 Å². The maximum absolute atomic E-state index is 2.30. The first kappa shape index (κ1) is 14.3. The van der Waals surface area contributed by atoms with Gasteiger partial charge in [0.25, 0.3) is 0 Å². The molecular formula is C20H22S. The molecule has 0 saturated carbocycles. The normalized spacial score (nSPS) is 12.6. The highest BCUT2D eigenvalue weighted by Crippen LogP contribution is 2.32. The van der Waals surface area contributed by atoms with Crippen molar-refractivity contribution in [2.75, 3.05) is 0 Å². The van der Waals surface area contributed by atoms with Crippen molar-refractivity contribution in [2.24, 2.45) is 0 Å². The lowest BCUT2D eigenvalue weighted by Crippen LogP contribution is -2.02. The van der Waals surface area contributed by atoms with Crippen LogP contribution in [0.25, 0.3) is 10.8 Å². The standard InChI is InChI=1S/C20H22S/c1-2-3-8-18(20-13-7-14-21-20)15-17-11-6-10-16-9-4-5-12-19(16)17/h4-7,9-14,18H,2-3,8,15H2,1H3/t18-/m1/s1. The molecule has 1 atom stereocenters. The number of thiophene rings is 1. The third-order valence-electron chi connectivity index (χ3n) is 4.20. The van der Waals surface area contributed by atoms with E-state index in [2.05, 4.69) is 66.9 Å². The second kappa shape index (κ2) is 6.91. The number of hydrogen-bond donors (Lipinski definition) is 0. The number of fused-ring (bicyclic) bond motifs is 1. The lowest BCUT2D eigenvalue weighted by Gasteiger charge is -2.16. The van der Waals surface area contributed by atoms with Gasteiger partial charge in [0.05, 0.1) is 0 Å². The van der Waals surface area contributed by atoms with Crippen molar-refractivity contribution in [1.29, 1.82) is 0 Å². The van der Waals surface area contributed by atoms with Gasteiger partial charge in [0.2, 0.25) is 0 Å². The van der Waals surface area contributed by atoms with Gasteiger partial charge in [0.1, 0.15) is 0 Å². The van der Waals surface area contributed by atoms with Crippen LogP contribution in [0.5, 0.6) is 0 Å². The van der Waals surface area contributed by atoms with Crippen molar-refractivity contribution >= 4 is 22.1 Å². The van der Waals surface area contributed by atoms with Crippen molar-refractivity contribution in [3.05, 3.63) is 70.4 Å². The molecule has 0 N–H and O–H groups in total. The van der Waals surface area contributed by atoms with E-state index in [1.54, 1.807) is 0 Å². The number of rotatable bonds is 6. The van der Waals surface area contributed by atoms with Gasteiger partial charge >= 0.3 is 0 Å². The van der Waals surface area contributed by atoms with Crippen molar-refractivity contribution in [3.8, 4) is 0 Å². The predicted molar refractivity (Wildman–Crippen MR) is 94.2 cm³/mol. The molecule has 1 heterocycles. The summed E-state index contributed by atoms with van der Waals surface area (Å²) in [6, 6.07) is 19.9. The van der Waals surface area contributed by atoms with Gasteiger partial charge in [0.15, 0.2) is 0 Å². The summed E-state index contributed by atoms with van der Waals surface area (Å²) in [6.07, 6.45) is 5.03. The Morgan fingerprint density at radius 2 is 1.81 bits per heavy atom. The van der Waals surface area contributed by atoms with E-state index in [0.717, 1.165) is 6.42 Å². The minimum absolute atomic E-state index is 0.663. The highest BCUT2D eigenvalue weighted by atomic mass is 32.1. The molecular weight excluding hydrogens is 272 g/mol. The lowest BCUT2D eigenvalue weighted by molar-refractivity contribution is 0.590. The Labute approximate surface area is 131 Å². The molecule has 2 aromatic carbocycles. The van der Waals surface area contributed by atoms with Crippen LogP contribution in [0.2, 0.25) is 0 Å². The molecule has 1 heteroatoms. The molecule has 0 amide bonds. The van der Waals surface area contributed by atoms with E-state index in [1.807, 2.05) is 11.3 Å². The van der Waals surface area contributed by atoms with Gasteiger partial charge in [-0.3, -0.25) is 0 Å². The fourth-order valence-corrected chi connectivity index (χ4v) is 3.92. The van der Waals surface area contributed by atoms with E-state index in [-0.39, 0.29) is 0 Å². The molecule has 0 spiro atoms. The van der Waals surface area contributed by atoms with E-state index >= 15 is 0 Å². The second-order valence-electron chi connectivity index (χ2n) is 5.70. The minimum Gasteiger partial charge on any atom is -0.149 e. The Kier molecular flexibility index (Phi) is 4.72. The molecule has 3 aromatic rings. The van der Waals surface area contributed by atoms with E-state index < -0.39 is 0 Å². The van der Waals surface area contributed by atoms with Crippen LogP contribution in [0.15, 0.2) is 60.0 Å². The largest absolute Gasteiger partial charge is 0.149 e. The first-order valence-electron chi connectivity index (χ1n) is 7.88. The van der Waals surface area contributed by atoms with E-state index in [9.17, 15) is 0 Å². The summed E-state index contributed by atoms with van der Waals surface area (Å²) in [5, 5.41) is 4.98. The molecule has 0 aliphatic heterocycles. The zero-order valence-corrected chi connectivity index (χ0v) is 13.4. The minimum atomic E-state index is 0.663. The van der Waals surface area contributed by atoms with E-state index in [1.165, 1.54) is 40.5 Å². The first-order chi connectivity index (χ1) is 10.4. The van der Waals surface area contributed by atoms with Gasteiger partial charge < -0.3 is 0 Å². The summed E-state index contributed by atoms with van der Waals surface area (Å²) < 4.78 is 0. The van der Waals surface area contributed by atoms with Crippen LogP contribution >= 0.6 is 11.3 Å². The van der Waals surface area contributed by atoms with Gasteiger partial charge in [-0.2, -0.15) is 0 Å². The summed E-state index contributed by atoms with van der Waals surface area (Å²) in [4.78, 5) is 1.54. The topological polar surface area (TPSA) is 0 Å². The average molecular weight is 294 g/mol. The zero-order valence-electron chi connectivity index (χ0n) is 12.6. The molecule has 0 unspecified atom stereocenters. The van der Waals surface area contributed by atoms with Crippen LogP contribution in [0.1, 0.15) is 42.5 Å². The summed E-state index contributed by atoms with van der Waals surface area (Å²) in [5.41, 5.74) is 1.49. The van der Waals surface area contributed by atoms with Gasteiger partial charge in [-0.15, -0.1) is 11.3 Å². The van der Waals surface area contributed by atoms with E-state index in [4.69, 9.17) is 0 Å². The molecule has 0 aliphatic carbocycles. The molecule has 0 fully saturated rings. The van der Waals surface area contributed by atoms with Crippen LogP contribution < -0.4 is 0 Å². The first-order valence-corrected chi connectivity index (χ1v) is 8.76. The maximum atomic E-state index is 2.30. The van der Waals surface area contributed by atoms with Crippen molar-refractivity contribution in [2.45, 2.75) is 38.5 Å². The smallest absolute Gasteiger partial charge is 0.00794 e. The summed E-state index contributed by atoms with van der Waals surface area (Å²) in [6.45, 7) is 2.28. The number of hydrogen-bond acceptors (Lipinski definition) is 1. The SMILES string of the molecule is CCCC[C@H](Cc1cccc2ccccc12)c1cccs1. The van der Waals surface area contributed by atoms with Gasteiger partial charge in [0, 0.05) is 4.88 Å². The quantitative estimate of drug-likeness (QED) is 0.492. The molecule has 0 bridgehead atoms. The zero-order chi connectivity index (χ0) is 14.5. The highest BCUT2D eigenvalue weighted by Gasteiger charge is 2.14. The molecule has 0 radical (unpaired) electrons. The fraction of sp³-hybridized carbons (Fsp3) is 0.300. The summed E-state index contributed by atoms with van der Waals surface area (Å²) >= 11 is 1.91. The van der Waals surface area contributed by atoms with Crippen molar-refractivity contribution < 1.29 is 0 Å². The molecule has 0 aliphatic rings. The van der Waals surface area contributed by atoms with Crippen LogP contribution in [0.3, 0.4) is 0 Å². The Morgan fingerprint density at radius 1 is 0.952 bits per heavy atom. The number of benzene rings is 2. The van der Waals surface area contributed by atoms with Crippen molar-refractivity contribution in [1.82, 2.24) is 0 Å². The number of unbranched alkanes of at least 4 members (excludes halogenated alkanes) is 1. The third-order valence-corrected chi connectivity index (χ3v) is 5.23. The Morgan fingerprint density at radius 3 is 2.62 bits per heavy atom. The van der Waals surface area contributed by atoms with Gasteiger partial charge in [-0.1, -0.05) is 68.3 Å². The molecule has 0 saturated heterocycles. The lowest BCUT2D eigenvalue weighted by atomic mass is 9.90.